The Morgan fingerprint density at radius 1 is 1.41 bits per heavy atom. The number of thiophene rings is 1. The lowest BCUT2D eigenvalue weighted by Crippen LogP contribution is -2.22. The van der Waals surface area contributed by atoms with Gasteiger partial charge in [-0.25, -0.2) is 0 Å². The largest absolute Gasteiger partial charge is 0.304 e. The first-order valence-electron chi connectivity index (χ1n) is 6.04. The lowest BCUT2D eigenvalue weighted by atomic mass is 10.1. The van der Waals surface area contributed by atoms with Crippen molar-refractivity contribution in [3.05, 3.63) is 35.2 Å². The Bertz CT molecular complexity index is 593. The van der Waals surface area contributed by atoms with Crippen LogP contribution in [0.15, 0.2) is 29.6 Å². The quantitative estimate of drug-likeness (QED) is 0.712. The Hall–Kier alpha value is -0.570. The Balaban J connectivity index is 1.78. The zero-order valence-electron chi connectivity index (χ0n) is 9.69. The molecule has 3 heteroatoms. The number of nitrogens with zero attached hydrogens (tertiary/aromatic N) is 1. The molecule has 3 unspecified atom stereocenters. The molecule has 2 fully saturated rings. The van der Waals surface area contributed by atoms with Crippen molar-refractivity contribution in [3.8, 4) is 0 Å². The zero-order valence-corrected chi connectivity index (χ0v) is 11.3. The Morgan fingerprint density at radius 2 is 2.24 bits per heavy atom. The molecule has 0 N–H and O–H groups in total. The van der Waals surface area contributed by atoms with Gasteiger partial charge < -0.3 is 4.90 Å². The second-order valence-electron chi connectivity index (χ2n) is 5.39. The third-order valence-electron chi connectivity index (χ3n) is 4.29. The molecule has 1 saturated carbocycles. The molecule has 1 aromatic heterocycles. The molecule has 1 aliphatic carbocycles. The number of piperidine rings is 1. The summed E-state index contributed by atoms with van der Waals surface area (Å²) in [6.07, 6.45) is 0. The predicted molar refractivity (Wildman–Crippen MR) is 74.1 cm³/mol. The fourth-order valence-electron chi connectivity index (χ4n) is 3.49. The molecule has 1 saturated heterocycles. The van der Waals surface area contributed by atoms with Crippen molar-refractivity contribution >= 4 is 33.0 Å². The molecule has 2 aromatic rings. The molecule has 17 heavy (non-hydrogen) atoms. The minimum Gasteiger partial charge on any atom is -0.304 e. The topological polar surface area (TPSA) is 3.24 Å². The van der Waals surface area contributed by atoms with Gasteiger partial charge in [-0.15, -0.1) is 22.9 Å². The van der Waals surface area contributed by atoms with Crippen molar-refractivity contribution in [1.82, 2.24) is 4.90 Å². The van der Waals surface area contributed by atoms with Crippen molar-refractivity contribution < 1.29 is 0 Å². The van der Waals surface area contributed by atoms with Crippen LogP contribution in [0.5, 0.6) is 0 Å². The molecule has 3 atom stereocenters. The highest BCUT2D eigenvalue weighted by molar-refractivity contribution is 7.17. The fourth-order valence-corrected chi connectivity index (χ4v) is 5.09. The number of likely N-dealkylation sites (tertiary alicyclic amines) is 1. The van der Waals surface area contributed by atoms with E-state index in [9.17, 15) is 0 Å². The van der Waals surface area contributed by atoms with Gasteiger partial charge in [-0.3, -0.25) is 0 Å². The second kappa shape index (κ2) is 3.25. The van der Waals surface area contributed by atoms with E-state index >= 15 is 0 Å². The molecule has 0 spiro atoms. The molecule has 88 valence electrons. The molecular weight excluding hydrogens is 250 g/mol. The molecule has 2 heterocycles. The maximum absolute atomic E-state index is 6.76. The number of hydrogen-bond donors (Lipinski definition) is 0. The minimum atomic E-state index is 0.0264. The lowest BCUT2D eigenvalue weighted by molar-refractivity contribution is 0.367. The molecule has 0 amide bonds. The van der Waals surface area contributed by atoms with Crippen LogP contribution in [0, 0.1) is 5.92 Å². The Morgan fingerprint density at radius 3 is 3.00 bits per heavy atom. The van der Waals surface area contributed by atoms with E-state index in [4.69, 9.17) is 11.6 Å². The van der Waals surface area contributed by atoms with Gasteiger partial charge in [-0.05, 0) is 29.4 Å². The van der Waals surface area contributed by atoms with Crippen LogP contribution in [-0.2, 0) is 0 Å². The van der Waals surface area contributed by atoms with Crippen LogP contribution < -0.4 is 0 Å². The first-order valence-corrected chi connectivity index (χ1v) is 7.29. The average Bonchev–Trinajstić information content (AvgIpc) is 2.68. The molecule has 1 nitrogen and oxygen atoms in total. The minimum absolute atomic E-state index is 0.0264. The standard InChI is InChI=1S/C14H14ClNS/c1-16-6-11-13(14(11,15)8-16)10-7-17-12-5-3-2-4-9(10)12/h2-5,7,11,13H,6,8H2,1H3. The Labute approximate surface area is 110 Å². The summed E-state index contributed by atoms with van der Waals surface area (Å²) in [6.45, 7) is 2.19. The average molecular weight is 264 g/mol. The molecule has 0 radical (unpaired) electrons. The summed E-state index contributed by atoms with van der Waals surface area (Å²) in [5, 5.41) is 3.73. The molecule has 2 aliphatic rings. The van der Waals surface area contributed by atoms with Gasteiger partial charge in [0.05, 0.1) is 4.87 Å². The van der Waals surface area contributed by atoms with Gasteiger partial charge in [0.15, 0.2) is 0 Å². The first-order chi connectivity index (χ1) is 8.20. The van der Waals surface area contributed by atoms with E-state index in [1.54, 1.807) is 0 Å². The van der Waals surface area contributed by atoms with Gasteiger partial charge in [-0.2, -0.15) is 0 Å². The number of benzene rings is 1. The van der Waals surface area contributed by atoms with E-state index in [-0.39, 0.29) is 4.87 Å². The predicted octanol–water partition coefficient (Wildman–Crippen LogP) is 3.54. The monoisotopic (exact) mass is 263 g/mol. The summed E-state index contributed by atoms with van der Waals surface area (Å²) >= 11 is 8.61. The number of fused-ring (bicyclic) bond motifs is 2. The highest BCUT2D eigenvalue weighted by atomic mass is 35.5. The molecule has 1 aromatic carbocycles. The molecule has 1 aliphatic heterocycles. The summed E-state index contributed by atoms with van der Waals surface area (Å²) in [5.74, 6) is 1.24. The van der Waals surface area contributed by atoms with Crippen molar-refractivity contribution in [2.75, 3.05) is 20.1 Å². The van der Waals surface area contributed by atoms with E-state index in [1.807, 2.05) is 11.3 Å². The van der Waals surface area contributed by atoms with E-state index in [2.05, 4.69) is 41.6 Å². The number of halogens is 1. The highest BCUT2D eigenvalue weighted by Gasteiger charge is 2.68. The fraction of sp³-hybridized carbons (Fsp3) is 0.429. The van der Waals surface area contributed by atoms with Gasteiger partial charge in [-0.1, -0.05) is 18.2 Å². The molecule has 0 bridgehead atoms. The van der Waals surface area contributed by atoms with Gasteiger partial charge >= 0.3 is 0 Å². The van der Waals surface area contributed by atoms with E-state index in [0.717, 1.165) is 13.1 Å². The molecular formula is C14H14ClNS. The van der Waals surface area contributed by atoms with Crippen LogP contribution in [0.2, 0.25) is 0 Å². The third-order valence-corrected chi connectivity index (χ3v) is 5.91. The van der Waals surface area contributed by atoms with Gasteiger partial charge in [0.2, 0.25) is 0 Å². The van der Waals surface area contributed by atoms with E-state index in [1.165, 1.54) is 15.6 Å². The van der Waals surface area contributed by atoms with Crippen molar-refractivity contribution in [2.24, 2.45) is 5.92 Å². The lowest BCUT2D eigenvalue weighted by Gasteiger charge is -2.15. The van der Waals surface area contributed by atoms with Gasteiger partial charge in [0.25, 0.3) is 0 Å². The van der Waals surface area contributed by atoms with Crippen LogP contribution in [0.25, 0.3) is 10.1 Å². The Kier molecular flexibility index (Phi) is 1.98. The van der Waals surface area contributed by atoms with Crippen molar-refractivity contribution in [3.63, 3.8) is 0 Å². The van der Waals surface area contributed by atoms with E-state index in [0.29, 0.717) is 11.8 Å². The van der Waals surface area contributed by atoms with Crippen molar-refractivity contribution in [1.29, 1.82) is 0 Å². The van der Waals surface area contributed by atoms with Gasteiger partial charge in [0.1, 0.15) is 0 Å². The van der Waals surface area contributed by atoms with Crippen LogP contribution in [0.1, 0.15) is 11.5 Å². The van der Waals surface area contributed by atoms with Crippen LogP contribution in [-0.4, -0.2) is 29.9 Å². The summed E-state index contributed by atoms with van der Waals surface area (Å²) in [7, 11) is 2.17. The summed E-state index contributed by atoms with van der Waals surface area (Å²) in [6, 6.07) is 8.68. The third kappa shape index (κ3) is 1.29. The zero-order chi connectivity index (χ0) is 11.6. The smallest absolute Gasteiger partial charge is 0.0692 e. The summed E-state index contributed by atoms with van der Waals surface area (Å²) in [5.41, 5.74) is 1.48. The number of rotatable bonds is 1. The summed E-state index contributed by atoms with van der Waals surface area (Å²) in [4.78, 5) is 2.38. The summed E-state index contributed by atoms with van der Waals surface area (Å²) < 4.78 is 1.39. The number of hydrogen-bond acceptors (Lipinski definition) is 2. The van der Waals surface area contributed by atoms with Gasteiger partial charge in [0, 0.05) is 29.6 Å². The highest BCUT2D eigenvalue weighted by Crippen LogP contribution is 2.66. The van der Waals surface area contributed by atoms with Crippen molar-refractivity contribution in [2.45, 2.75) is 10.8 Å². The maximum Gasteiger partial charge on any atom is 0.0692 e. The number of alkyl halides is 1. The molecule has 4 rings (SSSR count). The van der Waals surface area contributed by atoms with E-state index < -0.39 is 0 Å². The van der Waals surface area contributed by atoms with Crippen LogP contribution >= 0.6 is 22.9 Å². The normalized spacial score (nSPS) is 36.4. The maximum atomic E-state index is 6.76. The van der Waals surface area contributed by atoms with Crippen LogP contribution in [0.4, 0.5) is 0 Å². The SMILES string of the molecule is CN1CC2C(c3csc4ccccc34)C2(Cl)C1. The van der Waals surface area contributed by atoms with Crippen LogP contribution in [0.3, 0.4) is 0 Å². The first kappa shape index (κ1) is 10.4. The second-order valence-corrected chi connectivity index (χ2v) is 7.01.